The molecule has 0 radical (unpaired) electrons. The van der Waals surface area contributed by atoms with Gasteiger partial charge >= 0.3 is 0 Å². The highest BCUT2D eigenvalue weighted by Gasteiger charge is 2.08. The monoisotopic (exact) mass is 413 g/mol. The molecule has 0 aliphatic heterocycles. The number of rotatable bonds is 2. The molecular formula is C13H9Br2N3OS. The summed E-state index contributed by atoms with van der Waals surface area (Å²) in [7, 11) is 0. The van der Waals surface area contributed by atoms with E-state index in [0.29, 0.717) is 11.4 Å². The number of thiocarbonyl (C=S) groups is 1. The first kappa shape index (κ1) is 15.1. The Balaban J connectivity index is 1.95. The number of pyridine rings is 1. The molecule has 1 amide bonds. The molecule has 0 aliphatic carbocycles. The second kappa shape index (κ2) is 6.92. The summed E-state index contributed by atoms with van der Waals surface area (Å²) in [4.78, 5) is 16.0. The molecule has 20 heavy (non-hydrogen) atoms. The number of benzene rings is 1. The second-order valence-corrected chi connectivity index (χ2v) is 6.02. The van der Waals surface area contributed by atoms with E-state index in [9.17, 15) is 4.79 Å². The molecule has 0 saturated heterocycles. The van der Waals surface area contributed by atoms with Crippen LogP contribution in [-0.2, 0) is 0 Å². The van der Waals surface area contributed by atoms with Gasteiger partial charge in [0.1, 0.15) is 5.82 Å². The standard InChI is InChI=1S/C13H9Br2N3OS/c14-9-3-1-8(2-4-9)12(19)18-13(20)17-11-6-5-10(15)7-16-11/h1-7H,(H2,16,17,18,19,20). The first-order chi connectivity index (χ1) is 9.54. The molecule has 2 aromatic rings. The fourth-order valence-electron chi connectivity index (χ4n) is 1.37. The average Bonchev–Trinajstić information content (AvgIpc) is 2.42. The molecule has 0 aliphatic rings. The highest BCUT2D eigenvalue weighted by atomic mass is 79.9. The summed E-state index contributed by atoms with van der Waals surface area (Å²) >= 11 is 11.7. The van der Waals surface area contributed by atoms with Crippen molar-refractivity contribution in [2.75, 3.05) is 5.32 Å². The van der Waals surface area contributed by atoms with Crippen molar-refractivity contribution >= 4 is 60.9 Å². The van der Waals surface area contributed by atoms with Gasteiger partial charge in [0.05, 0.1) is 0 Å². The number of halogens is 2. The Morgan fingerprint density at radius 3 is 2.30 bits per heavy atom. The number of hydrogen-bond donors (Lipinski definition) is 2. The van der Waals surface area contributed by atoms with Crippen LogP contribution in [0.4, 0.5) is 5.82 Å². The van der Waals surface area contributed by atoms with Crippen molar-refractivity contribution in [1.29, 1.82) is 0 Å². The maximum Gasteiger partial charge on any atom is 0.257 e. The number of amides is 1. The van der Waals surface area contributed by atoms with E-state index in [4.69, 9.17) is 12.2 Å². The van der Waals surface area contributed by atoms with Crippen LogP contribution in [0.3, 0.4) is 0 Å². The lowest BCUT2D eigenvalue weighted by Gasteiger charge is -2.08. The fourth-order valence-corrected chi connectivity index (χ4v) is 2.07. The molecule has 1 aromatic carbocycles. The Hall–Kier alpha value is -1.31. The Morgan fingerprint density at radius 2 is 1.70 bits per heavy atom. The van der Waals surface area contributed by atoms with E-state index in [1.54, 1.807) is 36.5 Å². The van der Waals surface area contributed by atoms with Crippen LogP contribution in [0.2, 0.25) is 0 Å². The lowest BCUT2D eigenvalue weighted by molar-refractivity contribution is 0.0977. The zero-order valence-electron chi connectivity index (χ0n) is 10.1. The third kappa shape index (κ3) is 4.36. The van der Waals surface area contributed by atoms with E-state index in [-0.39, 0.29) is 11.0 Å². The summed E-state index contributed by atoms with van der Waals surface area (Å²) in [5.74, 6) is 0.293. The minimum atomic E-state index is -0.271. The lowest BCUT2D eigenvalue weighted by atomic mass is 10.2. The van der Waals surface area contributed by atoms with Crippen molar-refractivity contribution in [3.63, 3.8) is 0 Å². The van der Waals surface area contributed by atoms with Gasteiger partial charge in [-0.2, -0.15) is 0 Å². The van der Waals surface area contributed by atoms with Crippen molar-refractivity contribution in [3.8, 4) is 0 Å². The Labute approximate surface area is 138 Å². The predicted octanol–water partition coefficient (Wildman–Crippen LogP) is 3.73. The van der Waals surface area contributed by atoms with Crippen LogP contribution in [0.15, 0.2) is 51.5 Å². The van der Waals surface area contributed by atoms with E-state index in [1.165, 1.54) is 0 Å². The summed E-state index contributed by atoms with van der Waals surface area (Å²) in [6, 6.07) is 10.6. The quantitative estimate of drug-likeness (QED) is 0.735. The van der Waals surface area contributed by atoms with Crippen LogP contribution < -0.4 is 10.6 Å². The van der Waals surface area contributed by atoms with Crippen LogP contribution in [0.5, 0.6) is 0 Å². The highest BCUT2D eigenvalue weighted by molar-refractivity contribution is 9.10. The van der Waals surface area contributed by atoms with Gasteiger partial charge in [-0.25, -0.2) is 4.98 Å². The van der Waals surface area contributed by atoms with E-state index in [1.807, 2.05) is 6.07 Å². The molecule has 2 N–H and O–H groups in total. The topological polar surface area (TPSA) is 54.0 Å². The molecule has 0 fully saturated rings. The molecule has 1 heterocycles. The van der Waals surface area contributed by atoms with Crippen LogP contribution in [0, 0.1) is 0 Å². The predicted molar refractivity (Wildman–Crippen MR) is 89.8 cm³/mol. The number of aromatic nitrogens is 1. The molecule has 0 bridgehead atoms. The Bertz CT molecular complexity index is 629. The van der Waals surface area contributed by atoms with Gasteiger partial charge in [0.2, 0.25) is 0 Å². The molecule has 0 atom stereocenters. The molecule has 4 nitrogen and oxygen atoms in total. The van der Waals surface area contributed by atoms with Crippen molar-refractivity contribution in [3.05, 3.63) is 57.1 Å². The third-order valence-corrected chi connectivity index (χ3v) is 3.50. The van der Waals surface area contributed by atoms with Gasteiger partial charge in [-0.15, -0.1) is 0 Å². The van der Waals surface area contributed by atoms with E-state index < -0.39 is 0 Å². The second-order valence-electron chi connectivity index (χ2n) is 3.78. The van der Waals surface area contributed by atoms with Gasteiger partial charge in [-0.3, -0.25) is 10.1 Å². The molecule has 1 aromatic heterocycles. The third-order valence-electron chi connectivity index (χ3n) is 2.30. The molecule has 0 spiro atoms. The Morgan fingerprint density at radius 1 is 1.05 bits per heavy atom. The maximum absolute atomic E-state index is 11.9. The fraction of sp³-hybridized carbons (Fsp3) is 0. The van der Waals surface area contributed by atoms with Crippen molar-refractivity contribution in [1.82, 2.24) is 10.3 Å². The summed E-state index contributed by atoms with van der Waals surface area (Å²) < 4.78 is 1.78. The van der Waals surface area contributed by atoms with Crippen molar-refractivity contribution in [2.24, 2.45) is 0 Å². The highest BCUT2D eigenvalue weighted by Crippen LogP contribution is 2.11. The summed E-state index contributed by atoms with van der Waals surface area (Å²) in [5.41, 5.74) is 0.529. The molecule has 7 heteroatoms. The molecule has 0 unspecified atom stereocenters. The zero-order valence-corrected chi connectivity index (χ0v) is 14.0. The van der Waals surface area contributed by atoms with Gasteiger partial charge in [0.25, 0.3) is 5.91 Å². The number of carbonyl (C=O) groups excluding carboxylic acids is 1. The summed E-state index contributed by atoms with van der Waals surface area (Å²) in [6.07, 6.45) is 1.64. The Kier molecular flexibility index (Phi) is 5.22. The van der Waals surface area contributed by atoms with Gasteiger partial charge in [-0.05, 0) is 64.5 Å². The lowest BCUT2D eigenvalue weighted by Crippen LogP contribution is -2.34. The van der Waals surface area contributed by atoms with Crippen molar-refractivity contribution < 1.29 is 4.79 Å². The van der Waals surface area contributed by atoms with Gasteiger partial charge in [-0.1, -0.05) is 15.9 Å². The molecular weight excluding hydrogens is 406 g/mol. The number of nitrogens with zero attached hydrogens (tertiary/aromatic N) is 1. The number of nitrogens with one attached hydrogen (secondary N) is 2. The number of carbonyl (C=O) groups is 1. The molecule has 2 rings (SSSR count). The van der Waals surface area contributed by atoms with Gasteiger partial charge in [0.15, 0.2) is 5.11 Å². The van der Waals surface area contributed by atoms with Crippen LogP contribution in [0.1, 0.15) is 10.4 Å². The minimum Gasteiger partial charge on any atom is -0.317 e. The minimum absolute atomic E-state index is 0.202. The van der Waals surface area contributed by atoms with E-state index in [2.05, 4.69) is 47.5 Å². The largest absolute Gasteiger partial charge is 0.317 e. The normalized spacial score (nSPS) is 9.90. The van der Waals surface area contributed by atoms with Gasteiger partial charge < -0.3 is 5.32 Å². The molecule has 102 valence electrons. The summed E-state index contributed by atoms with van der Waals surface area (Å²) in [6.45, 7) is 0. The van der Waals surface area contributed by atoms with Crippen LogP contribution in [0.25, 0.3) is 0 Å². The van der Waals surface area contributed by atoms with E-state index in [0.717, 1.165) is 8.95 Å². The van der Waals surface area contributed by atoms with Crippen LogP contribution >= 0.6 is 44.1 Å². The number of anilines is 1. The zero-order chi connectivity index (χ0) is 14.5. The van der Waals surface area contributed by atoms with Crippen molar-refractivity contribution in [2.45, 2.75) is 0 Å². The summed E-state index contributed by atoms with van der Waals surface area (Å²) in [5, 5.41) is 5.63. The smallest absolute Gasteiger partial charge is 0.257 e. The SMILES string of the molecule is O=C(NC(=S)Nc1ccc(Br)cn1)c1ccc(Br)cc1. The number of hydrogen-bond acceptors (Lipinski definition) is 3. The van der Waals surface area contributed by atoms with E-state index >= 15 is 0 Å². The first-order valence-corrected chi connectivity index (χ1v) is 7.53. The van der Waals surface area contributed by atoms with Crippen LogP contribution in [-0.4, -0.2) is 16.0 Å². The maximum atomic E-state index is 11.9. The average molecular weight is 415 g/mol. The van der Waals surface area contributed by atoms with Gasteiger partial charge in [0, 0.05) is 20.7 Å². The molecule has 0 saturated carbocycles. The first-order valence-electron chi connectivity index (χ1n) is 5.54.